The highest BCUT2D eigenvalue weighted by molar-refractivity contribution is 7.79. The number of rotatable bonds is 9. The number of aliphatic hydroxyl groups is 1. The summed E-state index contributed by atoms with van der Waals surface area (Å²) in [5, 5.41) is 14.3. The molecule has 190 valence electrons. The molecule has 35 heavy (non-hydrogen) atoms. The molecule has 1 unspecified atom stereocenters. The lowest BCUT2D eigenvalue weighted by Crippen LogP contribution is -2.38. The molecule has 2 aliphatic rings. The molecule has 1 atom stereocenters. The van der Waals surface area contributed by atoms with E-state index in [4.69, 9.17) is 19.8 Å². The van der Waals surface area contributed by atoms with Crippen molar-refractivity contribution in [2.45, 2.75) is 37.5 Å². The highest BCUT2D eigenvalue weighted by atomic mass is 32.2. The minimum absolute atomic E-state index is 0.0203. The first kappa shape index (κ1) is 25.5. The van der Waals surface area contributed by atoms with E-state index in [0.29, 0.717) is 50.8 Å². The molecule has 2 fully saturated rings. The quantitative estimate of drug-likeness (QED) is 0.350. The number of carbonyl (C=O) groups excluding carboxylic acids is 1. The summed E-state index contributed by atoms with van der Waals surface area (Å²) in [5.74, 6) is 1.37. The number of urea groups is 1. The molecule has 1 aliphatic carbocycles. The summed E-state index contributed by atoms with van der Waals surface area (Å²) in [7, 11) is 0. The number of amides is 2. The molecule has 0 radical (unpaired) electrons. The van der Waals surface area contributed by atoms with Crippen molar-refractivity contribution in [3.63, 3.8) is 0 Å². The summed E-state index contributed by atoms with van der Waals surface area (Å²) in [5.41, 5.74) is 1.67. The Bertz CT molecular complexity index is 1020. The van der Waals surface area contributed by atoms with Gasteiger partial charge in [-0.25, -0.2) is 14.8 Å². The lowest BCUT2D eigenvalue weighted by Gasteiger charge is -2.32. The van der Waals surface area contributed by atoms with Crippen molar-refractivity contribution in [2.24, 2.45) is 0 Å². The van der Waals surface area contributed by atoms with E-state index < -0.39 is 16.5 Å². The van der Waals surface area contributed by atoms with Gasteiger partial charge in [-0.2, -0.15) is 0 Å². The van der Waals surface area contributed by atoms with Crippen LogP contribution in [0.4, 0.5) is 16.3 Å². The molecular formula is C24H32N5O5S-. The van der Waals surface area contributed by atoms with Crippen LogP contribution in [-0.4, -0.2) is 75.1 Å². The molecule has 3 N–H and O–H groups in total. The summed E-state index contributed by atoms with van der Waals surface area (Å²) in [6.45, 7) is 3.07. The van der Waals surface area contributed by atoms with Gasteiger partial charge in [-0.3, -0.25) is 4.21 Å². The van der Waals surface area contributed by atoms with Crippen molar-refractivity contribution in [3.8, 4) is 11.4 Å². The van der Waals surface area contributed by atoms with E-state index in [-0.39, 0.29) is 18.4 Å². The number of anilines is 2. The Morgan fingerprint density at radius 1 is 1.17 bits per heavy atom. The van der Waals surface area contributed by atoms with E-state index in [1.54, 1.807) is 12.1 Å². The predicted molar refractivity (Wildman–Crippen MR) is 133 cm³/mol. The number of ether oxygens (including phenoxy) is 1. The van der Waals surface area contributed by atoms with Crippen LogP contribution in [0.1, 0.15) is 37.8 Å². The Morgan fingerprint density at radius 3 is 2.54 bits per heavy atom. The van der Waals surface area contributed by atoms with Crippen LogP contribution in [-0.2, 0) is 21.2 Å². The molecule has 1 aliphatic heterocycles. The molecule has 1 saturated heterocycles. The van der Waals surface area contributed by atoms with E-state index in [0.717, 1.165) is 42.8 Å². The van der Waals surface area contributed by atoms with Crippen molar-refractivity contribution in [2.75, 3.05) is 55.4 Å². The molecule has 1 aromatic carbocycles. The Morgan fingerprint density at radius 2 is 1.89 bits per heavy atom. The second-order valence-corrected chi connectivity index (χ2v) is 9.90. The van der Waals surface area contributed by atoms with Gasteiger partial charge in [0.2, 0.25) is 0 Å². The Labute approximate surface area is 207 Å². The average Bonchev–Trinajstić information content (AvgIpc) is 3.34. The third-order valence-corrected chi connectivity index (χ3v) is 7.36. The minimum atomic E-state index is -2.17. The highest BCUT2D eigenvalue weighted by Crippen LogP contribution is 2.42. The van der Waals surface area contributed by atoms with Gasteiger partial charge in [0.1, 0.15) is 5.82 Å². The highest BCUT2D eigenvalue weighted by Gasteiger charge is 2.38. The van der Waals surface area contributed by atoms with Gasteiger partial charge in [0.05, 0.1) is 18.9 Å². The molecule has 1 aromatic heterocycles. The number of hydrogen-bond donors (Lipinski definition) is 3. The summed E-state index contributed by atoms with van der Waals surface area (Å²) < 4.78 is 29.0. The Kier molecular flexibility index (Phi) is 8.66. The standard InChI is InChI=1S/C24H33N5O5S/c30-13-3-10-25-23(31)26-19-6-4-18(5-7-19)22-27-20(24(17-35(32)33)8-1-2-9-24)16-21(28-22)29-11-14-34-15-12-29/h4-7,16,30H,1-3,8-15,17H2,(H,32,33)(H2,25,26,31)/p-1. The first-order chi connectivity index (χ1) is 17.0. The van der Waals surface area contributed by atoms with Crippen LogP contribution >= 0.6 is 0 Å². The normalized spacial score (nSPS) is 18.3. The molecule has 2 aromatic rings. The van der Waals surface area contributed by atoms with Gasteiger partial charge in [-0.1, -0.05) is 23.9 Å². The monoisotopic (exact) mass is 502 g/mol. The number of hydrogen-bond acceptors (Lipinski definition) is 8. The number of nitrogens with zero attached hydrogens (tertiary/aromatic N) is 3. The third kappa shape index (κ3) is 6.54. The van der Waals surface area contributed by atoms with Crippen LogP contribution in [0.3, 0.4) is 0 Å². The predicted octanol–water partition coefficient (Wildman–Crippen LogP) is 2.17. The number of aromatic nitrogens is 2. The van der Waals surface area contributed by atoms with Gasteiger partial charge in [0.25, 0.3) is 0 Å². The van der Waals surface area contributed by atoms with Gasteiger partial charge in [0, 0.05) is 54.7 Å². The fourth-order valence-electron chi connectivity index (χ4n) is 4.70. The van der Waals surface area contributed by atoms with Crippen LogP contribution in [0.2, 0.25) is 0 Å². The van der Waals surface area contributed by atoms with Crippen LogP contribution in [0, 0.1) is 0 Å². The summed E-state index contributed by atoms with van der Waals surface area (Å²) >= 11 is -2.17. The van der Waals surface area contributed by atoms with Crippen LogP contribution in [0.15, 0.2) is 30.3 Å². The molecule has 2 amide bonds. The van der Waals surface area contributed by atoms with Crippen LogP contribution < -0.4 is 15.5 Å². The van der Waals surface area contributed by atoms with Crippen molar-refractivity contribution < 1.29 is 23.4 Å². The topological polar surface area (TPSA) is 140 Å². The van der Waals surface area contributed by atoms with E-state index in [2.05, 4.69) is 15.5 Å². The maximum absolute atomic E-state index is 12.0. The molecule has 0 spiro atoms. The molecule has 11 heteroatoms. The smallest absolute Gasteiger partial charge is 0.319 e. The zero-order valence-electron chi connectivity index (χ0n) is 19.7. The van der Waals surface area contributed by atoms with E-state index in [9.17, 15) is 13.6 Å². The average molecular weight is 503 g/mol. The number of carbonyl (C=O) groups is 1. The molecule has 1 saturated carbocycles. The summed E-state index contributed by atoms with van der Waals surface area (Å²) in [4.78, 5) is 23.8. The van der Waals surface area contributed by atoms with Gasteiger partial charge >= 0.3 is 6.03 Å². The second kappa shape index (κ2) is 11.9. The lowest BCUT2D eigenvalue weighted by molar-refractivity contribution is 0.122. The molecule has 10 nitrogen and oxygen atoms in total. The molecular weight excluding hydrogens is 470 g/mol. The fraction of sp³-hybridized carbons (Fsp3) is 0.542. The maximum Gasteiger partial charge on any atom is 0.319 e. The zero-order valence-corrected chi connectivity index (χ0v) is 20.5. The SMILES string of the molecule is O=C(NCCCO)Nc1ccc(-c2nc(N3CCOCC3)cc(C3(CS(=O)[O-])CCCC3)n2)cc1. The molecule has 4 rings (SSSR count). The number of nitrogens with one attached hydrogen (secondary N) is 2. The van der Waals surface area contributed by atoms with Crippen molar-refractivity contribution >= 4 is 28.6 Å². The first-order valence-corrected chi connectivity index (χ1v) is 13.3. The van der Waals surface area contributed by atoms with Crippen molar-refractivity contribution in [1.29, 1.82) is 0 Å². The van der Waals surface area contributed by atoms with Crippen molar-refractivity contribution in [3.05, 3.63) is 36.0 Å². The van der Waals surface area contributed by atoms with E-state index in [1.807, 2.05) is 18.2 Å². The number of morpholine rings is 1. The maximum atomic E-state index is 12.0. The van der Waals surface area contributed by atoms with E-state index in [1.165, 1.54) is 0 Å². The van der Waals surface area contributed by atoms with Crippen molar-refractivity contribution in [1.82, 2.24) is 15.3 Å². The van der Waals surface area contributed by atoms with Crippen LogP contribution in [0.5, 0.6) is 0 Å². The molecule has 0 bridgehead atoms. The summed E-state index contributed by atoms with van der Waals surface area (Å²) in [6.07, 6.45) is 4.02. The van der Waals surface area contributed by atoms with Crippen LogP contribution in [0.25, 0.3) is 11.4 Å². The Hall–Kier alpha value is -2.60. The lowest BCUT2D eigenvalue weighted by atomic mass is 9.84. The summed E-state index contributed by atoms with van der Waals surface area (Å²) in [6, 6.07) is 8.87. The van der Waals surface area contributed by atoms with E-state index >= 15 is 0 Å². The minimum Gasteiger partial charge on any atom is -0.772 e. The first-order valence-electron chi connectivity index (χ1n) is 12.0. The second-order valence-electron chi connectivity index (χ2n) is 9.01. The van der Waals surface area contributed by atoms with Gasteiger partial charge in [0.15, 0.2) is 5.82 Å². The largest absolute Gasteiger partial charge is 0.772 e. The third-order valence-electron chi connectivity index (χ3n) is 6.57. The fourth-order valence-corrected chi connectivity index (χ4v) is 5.59. The Balaban J connectivity index is 1.63. The number of aliphatic hydroxyl groups excluding tert-OH is 1. The van der Waals surface area contributed by atoms with Gasteiger partial charge in [-0.05, 0) is 43.5 Å². The van der Waals surface area contributed by atoms with Gasteiger partial charge in [-0.15, -0.1) is 0 Å². The molecule has 2 heterocycles. The number of benzene rings is 1. The zero-order chi connectivity index (χ0) is 24.7. The van der Waals surface area contributed by atoms with Gasteiger partial charge < -0.3 is 29.9 Å².